The lowest BCUT2D eigenvalue weighted by Crippen LogP contribution is -2.08. The Bertz CT molecular complexity index is 777. The molecular formula is C21H22FN3O. The van der Waals surface area contributed by atoms with Crippen molar-refractivity contribution in [1.82, 2.24) is 4.98 Å². The first-order chi connectivity index (χ1) is 12.8. The Labute approximate surface area is 153 Å². The highest BCUT2D eigenvalue weighted by molar-refractivity contribution is 5.43. The first kappa shape index (κ1) is 17.7. The Morgan fingerprint density at radius 3 is 2.42 bits per heavy atom. The van der Waals surface area contributed by atoms with Gasteiger partial charge in [0.1, 0.15) is 17.4 Å². The van der Waals surface area contributed by atoms with Gasteiger partial charge >= 0.3 is 0 Å². The molecule has 0 spiro atoms. The monoisotopic (exact) mass is 351 g/mol. The van der Waals surface area contributed by atoms with E-state index >= 15 is 0 Å². The van der Waals surface area contributed by atoms with Crippen molar-refractivity contribution in [3.8, 4) is 5.75 Å². The molecule has 0 saturated carbocycles. The highest BCUT2D eigenvalue weighted by atomic mass is 19.1. The average molecular weight is 351 g/mol. The van der Waals surface area contributed by atoms with Gasteiger partial charge in [-0.1, -0.05) is 18.2 Å². The highest BCUT2D eigenvalue weighted by Crippen LogP contribution is 2.15. The van der Waals surface area contributed by atoms with Crippen molar-refractivity contribution in [2.75, 3.05) is 23.8 Å². The van der Waals surface area contributed by atoms with E-state index < -0.39 is 0 Å². The van der Waals surface area contributed by atoms with E-state index in [9.17, 15) is 4.39 Å². The molecule has 3 rings (SSSR count). The Morgan fingerprint density at radius 1 is 0.885 bits per heavy atom. The molecule has 2 N–H and O–H groups in total. The van der Waals surface area contributed by atoms with E-state index in [4.69, 9.17) is 4.74 Å². The van der Waals surface area contributed by atoms with Crippen LogP contribution in [0.1, 0.15) is 12.0 Å². The second kappa shape index (κ2) is 9.42. The van der Waals surface area contributed by atoms with Crippen LogP contribution < -0.4 is 15.4 Å². The maximum absolute atomic E-state index is 12.9. The zero-order chi connectivity index (χ0) is 18.0. The molecule has 4 nitrogen and oxygen atoms in total. The number of anilines is 2. The molecule has 2 aromatic carbocycles. The number of aromatic nitrogens is 1. The molecule has 0 atom stereocenters. The molecule has 0 fully saturated rings. The van der Waals surface area contributed by atoms with Gasteiger partial charge in [0.25, 0.3) is 0 Å². The van der Waals surface area contributed by atoms with Crippen molar-refractivity contribution in [2.24, 2.45) is 0 Å². The smallest absolute Gasteiger partial charge is 0.125 e. The maximum atomic E-state index is 12.9. The second-order valence-electron chi connectivity index (χ2n) is 5.85. The van der Waals surface area contributed by atoms with Crippen molar-refractivity contribution >= 4 is 11.5 Å². The molecule has 0 aliphatic heterocycles. The van der Waals surface area contributed by atoms with Crippen molar-refractivity contribution in [1.29, 1.82) is 0 Å². The molecule has 0 aliphatic carbocycles. The van der Waals surface area contributed by atoms with E-state index in [0.717, 1.165) is 35.8 Å². The summed E-state index contributed by atoms with van der Waals surface area (Å²) in [6.45, 7) is 2.14. The van der Waals surface area contributed by atoms with Crippen LogP contribution in [0.4, 0.5) is 15.9 Å². The summed E-state index contributed by atoms with van der Waals surface area (Å²) < 4.78 is 18.6. The number of hydrogen-bond donors (Lipinski definition) is 2. The van der Waals surface area contributed by atoms with Crippen LogP contribution in [0.3, 0.4) is 0 Å². The number of nitrogens with zero attached hydrogens (tertiary/aromatic N) is 1. The van der Waals surface area contributed by atoms with Gasteiger partial charge in [0, 0.05) is 25.0 Å². The van der Waals surface area contributed by atoms with Crippen LogP contribution in [0.15, 0.2) is 72.9 Å². The summed E-state index contributed by atoms with van der Waals surface area (Å²) in [5.41, 5.74) is 2.03. The van der Waals surface area contributed by atoms with Crippen LogP contribution in [-0.4, -0.2) is 18.1 Å². The summed E-state index contributed by atoms with van der Waals surface area (Å²) in [7, 11) is 0. The first-order valence-electron chi connectivity index (χ1n) is 8.66. The molecule has 0 unspecified atom stereocenters. The zero-order valence-corrected chi connectivity index (χ0v) is 14.5. The van der Waals surface area contributed by atoms with Gasteiger partial charge < -0.3 is 15.4 Å². The molecular weight excluding hydrogens is 329 g/mol. The molecule has 0 saturated heterocycles. The van der Waals surface area contributed by atoms with Gasteiger partial charge in [-0.3, -0.25) is 0 Å². The molecule has 0 aliphatic rings. The summed E-state index contributed by atoms with van der Waals surface area (Å²) in [6, 6.07) is 20.1. The van der Waals surface area contributed by atoms with Gasteiger partial charge in [-0.05, 0) is 60.5 Å². The summed E-state index contributed by atoms with van der Waals surface area (Å²) in [4.78, 5) is 4.21. The second-order valence-corrected chi connectivity index (χ2v) is 5.85. The van der Waals surface area contributed by atoms with Crippen LogP contribution in [0.25, 0.3) is 0 Å². The molecule has 26 heavy (non-hydrogen) atoms. The number of ether oxygens (including phenoxy) is 1. The van der Waals surface area contributed by atoms with Crippen molar-refractivity contribution in [2.45, 2.75) is 13.0 Å². The standard InChI is InChI=1S/C21H22FN3O/c22-18-7-9-19(10-8-18)25-16-17-5-11-20(12-6-17)26-15-3-14-24-21-4-1-2-13-23-21/h1-2,4-13,25H,3,14-16H2,(H,23,24). The molecule has 5 heteroatoms. The third-order valence-corrected chi connectivity index (χ3v) is 3.83. The number of pyridine rings is 1. The van der Waals surface area contributed by atoms with Crippen molar-refractivity contribution in [3.63, 3.8) is 0 Å². The Balaban J connectivity index is 1.35. The first-order valence-corrected chi connectivity index (χ1v) is 8.66. The molecule has 0 radical (unpaired) electrons. The normalized spacial score (nSPS) is 10.3. The van der Waals surface area contributed by atoms with Gasteiger partial charge in [-0.25, -0.2) is 9.37 Å². The Morgan fingerprint density at radius 2 is 1.69 bits per heavy atom. The molecule has 134 valence electrons. The third kappa shape index (κ3) is 5.77. The van der Waals surface area contributed by atoms with Crippen LogP contribution in [-0.2, 0) is 6.54 Å². The number of hydrogen-bond acceptors (Lipinski definition) is 4. The topological polar surface area (TPSA) is 46.2 Å². The predicted octanol–water partition coefficient (Wildman–Crippen LogP) is 4.71. The number of halogens is 1. The lowest BCUT2D eigenvalue weighted by molar-refractivity contribution is 0.315. The lowest BCUT2D eigenvalue weighted by Gasteiger charge is -2.09. The average Bonchev–Trinajstić information content (AvgIpc) is 2.69. The third-order valence-electron chi connectivity index (χ3n) is 3.83. The van der Waals surface area contributed by atoms with Gasteiger partial charge in [0.15, 0.2) is 0 Å². The fraction of sp³-hybridized carbons (Fsp3) is 0.190. The Kier molecular flexibility index (Phi) is 6.42. The minimum Gasteiger partial charge on any atom is -0.494 e. The van der Waals surface area contributed by atoms with Crippen LogP contribution in [0.2, 0.25) is 0 Å². The van der Waals surface area contributed by atoms with Gasteiger partial charge in [0.05, 0.1) is 6.61 Å². The quantitative estimate of drug-likeness (QED) is 0.548. The summed E-state index contributed by atoms with van der Waals surface area (Å²) in [6.07, 6.45) is 2.66. The van der Waals surface area contributed by atoms with Crippen LogP contribution >= 0.6 is 0 Å². The summed E-state index contributed by atoms with van der Waals surface area (Å²) in [5.74, 6) is 1.51. The van der Waals surface area contributed by atoms with Crippen LogP contribution in [0, 0.1) is 5.82 Å². The molecule has 1 heterocycles. The lowest BCUT2D eigenvalue weighted by atomic mass is 10.2. The van der Waals surface area contributed by atoms with E-state index in [1.165, 1.54) is 12.1 Å². The predicted molar refractivity (Wildman–Crippen MR) is 103 cm³/mol. The van der Waals surface area contributed by atoms with Gasteiger partial charge in [-0.15, -0.1) is 0 Å². The molecule has 0 amide bonds. The maximum Gasteiger partial charge on any atom is 0.125 e. The fourth-order valence-electron chi connectivity index (χ4n) is 2.42. The van der Waals surface area contributed by atoms with Gasteiger partial charge in [0.2, 0.25) is 0 Å². The van der Waals surface area contributed by atoms with Crippen molar-refractivity contribution in [3.05, 3.63) is 84.3 Å². The largest absolute Gasteiger partial charge is 0.494 e. The SMILES string of the molecule is Fc1ccc(NCc2ccc(OCCCNc3ccccn3)cc2)cc1. The Hall–Kier alpha value is -3.08. The van der Waals surface area contributed by atoms with E-state index in [0.29, 0.717) is 13.2 Å². The van der Waals surface area contributed by atoms with E-state index in [2.05, 4.69) is 15.6 Å². The fourth-order valence-corrected chi connectivity index (χ4v) is 2.42. The minimum absolute atomic E-state index is 0.229. The molecule has 1 aromatic heterocycles. The molecule has 3 aromatic rings. The number of rotatable bonds is 9. The van der Waals surface area contributed by atoms with E-state index in [-0.39, 0.29) is 5.82 Å². The number of nitrogens with one attached hydrogen (secondary N) is 2. The summed E-state index contributed by atoms with van der Waals surface area (Å²) >= 11 is 0. The van der Waals surface area contributed by atoms with Crippen LogP contribution in [0.5, 0.6) is 5.75 Å². The van der Waals surface area contributed by atoms with Crippen molar-refractivity contribution < 1.29 is 9.13 Å². The van der Waals surface area contributed by atoms with E-state index in [1.54, 1.807) is 18.3 Å². The highest BCUT2D eigenvalue weighted by Gasteiger charge is 1.98. The van der Waals surface area contributed by atoms with E-state index in [1.807, 2.05) is 42.5 Å². The number of benzene rings is 2. The summed E-state index contributed by atoms with van der Waals surface area (Å²) in [5, 5.41) is 6.51. The molecule has 0 bridgehead atoms. The zero-order valence-electron chi connectivity index (χ0n) is 14.5. The van der Waals surface area contributed by atoms with Gasteiger partial charge in [-0.2, -0.15) is 0 Å². The minimum atomic E-state index is -0.229.